The molecule has 2 aromatic rings. The number of ether oxygens (including phenoxy) is 1. The van der Waals surface area contributed by atoms with Crippen LogP contribution in [-0.2, 0) is 17.8 Å². The van der Waals surface area contributed by atoms with Crippen molar-refractivity contribution in [3.63, 3.8) is 0 Å². The molecule has 0 aromatic heterocycles. The quantitative estimate of drug-likeness (QED) is 0.671. The molecule has 2 amide bonds. The molecule has 2 fully saturated rings. The molecule has 0 unspecified atom stereocenters. The van der Waals surface area contributed by atoms with E-state index in [-0.39, 0.29) is 11.8 Å². The summed E-state index contributed by atoms with van der Waals surface area (Å²) >= 11 is 0. The first-order valence-electron chi connectivity index (χ1n) is 11.3. The Bertz CT molecular complexity index is 895. The zero-order chi connectivity index (χ0) is 21.8. The Morgan fingerprint density at radius 3 is 2.10 bits per heavy atom. The first kappa shape index (κ1) is 21.4. The van der Waals surface area contributed by atoms with Crippen LogP contribution in [0, 0.1) is 5.92 Å². The van der Waals surface area contributed by atoms with E-state index in [0.29, 0.717) is 24.1 Å². The Kier molecular flexibility index (Phi) is 6.59. The molecule has 2 aliphatic rings. The summed E-state index contributed by atoms with van der Waals surface area (Å²) in [7, 11) is 1.63. The van der Waals surface area contributed by atoms with Crippen molar-refractivity contribution in [1.29, 1.82) is 0 Å². The van der Waals surface area contributed by atoms with Crippen molar-refractivity contribution < 1.29 is 14.3 Å². The van der Waals surface area contributed by atoms with Crippen molar-refractivity contribution in [3.05, 3.63) is 65.2 Å². The number of carbonyl (C=O) groups excluding carboxylic acids is 2. The number of amides is 2. The third-order valence-electron chi connectivity index (χ3n) is 6.55. The summed E-state index contributed by atoms with van der Waals surface area (Å²) in [6, 6.07) is 16.5. The summed E-state index contributed by atoms with van der Waals surface area (Å²) in [6.45, 7) is 4.06. The highest BCUT2D eigenvalue weighted by atomic mass is 16.5. The lowest BCUT2D eigenvalue weighted by Crippen LogP contribution is -2.37. The van der Waals surface area contributed by atoms with Gasteiger partial charge in [0.15, 0.2) is 0 Å². The molecule has 0 bridgehead atoms. The smallest absolute Gasteiger partial charge is 0.254 e. The van der Waals surface area contributed by atoms with Gasteiger partial charge >= 0.3 is 0 Å². The van der Waals surface area contributed by atoms with E-state index in [4.69, 9.17) is 4.74 Å². The number of hydrogen-bond acceptors (Lipinski definition) is 3. The zero-order valence-electron chi connectivity index (χ0n) is 18.5. The van der Waals surface area contributed by atoms with Gasteiger partial charge in [-0.2, -0.15) is 0 Å². The zero-order valence-corrected chi connectivity index (χ0v) is 18.5. The van der Waals surface area contributed by atoms with Gasteiger partial charge in [-0.25, -0.2) is 0 Å². The minimum Gasteiger partial charge on any atom is -0.497 e. The van der Waals surface area contributed by atoms with Crippen LogP contribution in [0.1, 0.15) is 54.1 Å². The van der Waals surface area contributed by atoms with Crippen LogP contribution in [0.3, 0.4) is 0 Å². The average Bonchev–Trinajstić information content (AvgIpc) is 3.64. The van der Waals surface area contributed by atoms with Crippen molar-refractivity contribution in [2.75, 3.05) is 20.2 Å². The van der Waals surface area contributed by atoms with Crippen LogP contribution in [0.4, 0.5) is 0 Å². The second kappa shape index (κ2) is 9.54. The van der Waals surface area contributed by atoms with Crippen LogP contribution in [0.15, 0.2) is 48.5 Å². The highest BCUT2D eigenvalue weighted by Crippen LogP contribution is 2.30. The number of hydrogen-bond donors (Lipinski definition) is 0. The van der Waals surface area contributed by atoms with E-state index in [1.165, 1.54) is 11.1 Å². The molecule has 0 atom stereocenters. The molecule has 0 radical (unpaired) electrons. The van der Waals surface area contributed by atoms with Gasteiger partial charge in [0.25, 0.3) is 5.91 Å². The minimum absolute atomic E-state index is 0.0893. The molecular weight excluding hydrogens is 388 g/mol. The lowest BCUT2D eigenvalue weighted by molar-refractivity contribution is -0.130. The van der Waals surface area contributed by atoms with Crippen LogP contribution in [-0.4, -0.2) is 47.9 Å². The maximum atomic E-state index is 13.1. The highest BCUT2D eigenvalue weighted by Gasteiger charge is 2.33. The van der Waals surface area contributed by atoms with Gasteiger partial charge in [-0.15, -0.1) is 0 Å². The van der Waals surface area contributed by atoms with Gasteiger partial charge in [0.05, 0.1) is 7.11 Å². The molecule has 0 spiro atoms. The summed E-state index contributed by atoms with van der Waals surface area (Å²) in [5.41, 5.74) is 3.22. The summed E-state index contributed by atoms with van der Waals surface area (Å²) in [4.78, 5) is 28.6. The lowest BCUT2D eigenvalue weighted by Gasteiger charge is -2.31. The number of piperidine rings is 1. The Labute approximate surface area is 185 Å². The van der Waals surface area contributed by atoms with Crippen LogP contribution in [0.25, 0.3) is 0 Å². The SMILES string of the molecule is COc1ccc(C(=O)N(Cc2ccc(CC3CCN(C(C)=O)CC3)cc2)C2CC2)cc1. The van der Waals surface area contributed by atoms with Crippen molar-refractivity contribution >= 4 is 11.8 Å². The molecule has 1 aliphatic carbocycles. The van der Waals surface area contributed by atoms with E-state index >= 15 is 0 Å². The highest BCUT2D eigenvalue weighted by molar-refractivity contribution is 5.94. The Hall–Kier alpha value is -2.82. The number of carbonyl (C=O) groups is 2. The Morgan fingerprint density at radius 1 is 0.935 bits per heavy atom. The number of likely N-dealkylation sites (tertiary alicyclic amines) is 1. The molecule has 1 saturated carbocycles. The van der Waals surface area contributed by atoms with E-state index in [0.717, 1.165) is 50.9 Å². The van der Waals surface area contributed by atoms with Crippen molar-refractivity contribution in [1.82, 2.24) is 9.80 Å². The van der Waals surface area contributed by atoms with Gasteiger partial charge in [0.2, 0.25) is 5.91 Å². The van der Waals surface area contributed by atoms with Crippen LogP contribution < -0.4 is 4.74 Å². The van der Waals surface area contributed by atoms with E-state index in [2.05, 4.69) is 24.3 Å². The molecule has 1 aliphatic heterocycles. The summed E-state index contributed by atoms with van der Waals surface area (Å²) < 4.78 is 5.20. The number of rotatable bonds is 7. The third-order valence-corrected chi connectivity index (χ3v) is 6.55. The summed E-state index contributed by atoms with van der Waals surface area (Å²) in [6.07, 6.45) is 5.38. The molecule has 5 nitrogen and oxygen atoms in total. The van der Waals surface area contributed by atoms with Gasteiger partial charge in [-0.05, 0) is 73.4 Å². The second-order valence-electron chi connectivity index (χ2n) is 8.86. The maximum Gasteiger partial charge on any atom is 0.254 e. The van der Waals surface area contributed by atoms with Crippen molar-refractivity contribution in [3.8, 4) is 5.75 Å². The molecule has 2 aromatic carbocycles. The Balaban J connectivity index is 1.35. The van der Waals surface area contributed by atoms with E-state index in [1.54, 1.807) is 14.0 Å². The fourth-order valence-corrected chi connectivity index (χ4v) is 4.42. The van der Waals surface area contributed by atoms with Gasteiger partial charge in [-0.3, -0.25) is 9.59 Å². The largest absolute Gasteiger partial charge is 0.497 e. The first-order chi connectivity index (χ1) is 15.0. The Morgan fingerprint density at radius 2 is 1.55 bits per heavy atom. The molecule has 31 heavy (non-hydrogen) atoms. The average molecular weight is 421 g/mol. The summed E-state index contributed by atoms with van der Waals surface area (Å²) in [5.74, 6) is 1.68. The van der Waals surface area contributed by atoms with Crippen LogP contribution in [0.2, 0.25) is 0 Å². The molecule has 1 saturated heterocycles. The van der Waals surface area contributed by atoms with Crippen molar-refractivity contribution in [2.24, 2.45) is 5.92 Å². The minimum atomic E-state index is 0.0893. The predicted molar refractivity (Wildman–Crippen MR) is 121 cm³/mol. The van der Waals surface area contributed by atoms with E-state index in [1.807, 2.05) is 34.1 Å². The topological polar surface area (TPSA) is 49.9 Å². The normalized spacial score (nSPS) is 16.8. The van der Waals surface area contributed by atoms with Crippen LogP contribution >= 0.6 is 0 Å². The fraction of sp³-hybridized carbons (Fsp3) is 0.462. The third kappa shape index (κ3) is 5.46. The van der Waals surface area contributed by atoms with Gasteiger partial charge in [0.1, 0.15) is 5.75 Å². The standard InChI is InChI=1S/C26H32N2O3/c1-19(29)27-15-13-21(14-16-27)17-20-3-5-22(6-4-20)18-28(24-9-10-24)26(30)23-7-11-25(31-2)12-8-23/h3-8,11-12,21,24H,9-10,13-18H2,1-2H3. The number of methoxy groups -OCH3 is 1. The molecule has 164 valence electrons. The monoisotopic (exact) mass is 420 g/mol. The lowest BCUT2D eigenvalue weighted by atomic mass is 9.90. The van der Waals surface area contributed by atoms with E-state index in [9.17, 15) is 9.59 Å². The number of benzene rings is 2. The second-order valence-corrected chi connectivity index (χ2v) is 8.86. The molecular formula is C26H32N2O3. The predicted octanol–water partition coefficient (Wildman–Crippen LogP) is 4.30. The van der Waals surface area contributed by atoms with Crippen LogP contribution in [0.5, 0.6) is 5.75 Å². The van der Waals surface area contributed by atoms with Gasteiger partial charge in [-0.1, -0.05) is 24.3 Å². The summed E-state index contributed by atoms with van der Waals surface area (Å²) in [5, 5.41) is 0. The molecule has 1 heterocycles. The van der Waals surface area contributed by atoms with E-state index < -0.39 is 0 Å². The van der Waals surface area contributed by atoms with Gasteiger partial charge in [0, 0.05) is 38.2 Å². The first-order valence-corrected chi connectivity index (χ1v) is 11.3. The molecule has 5 heteroatoms. The van der Waals surface area contributed by atoms with Crippen molar-refractivity contribution in [2.45, 2.75) is 51.6 Å². The van der Waals surface area contributed by atoms with Gasteiger partial charge < -0.3 is 14.5 Å². The molecule has 0 N–H and O–H groups in total. The number of nitrogens with zero attached hydrogens (tertiary/aromatic N) is 2. The molecule has 4 rings (SSSR count). The maximum absolute atomic E-state index is 13.1. The fourth-order valence-electron chi connectivity index (χ4n) is 4.42.